The van der Waals surface area contributed by atoms with Gasteiger partial charge in [-0.3, -0.25) is 9.69 Å². The van der Waals surface area contributed by atoms with Gasteiger partial charge in [0.25, 0.3) is 5.91 Å². The molecular weight excluding hydrogens is 348 g/mol. The van der Waals surface area contributed by atoms with E-state index in [1.165, 1.54) is 16.9 Å². The van der Waals surface area contributed by atoms with Crippen LogP contribution in [0.5, 0.6) is 0 Å². The van der Waals surface area contributed by atoms with Gasteiger partial charge in [-0.05, 0) is 25.0 Å². The summed E-state index contributed by atoms with van der Waals surface area (Å²) in [5, 5.41) is 5.49. The Kier molecular flexibility index (Phi) is 6.37. The van der Waals surface area contributed by atoms with Crippen LogP contribution in [0.4, 0.5) is 0 Å². The second-order valence-electron chi connectivity index (χ2n) is 6.73. The van der Waals surface area contributed by atoms with E-state index in [-0.39, 0.29) is 18.1 Å². The minimum Gasteiger partial charge on any atom is -0.373 e. The molecule has 0 unspecified atom stereocenters. The van der Waals surface area contributed by atoms with Crippen molar-refractivity contribution in [3.05, 3.63) is 51.5 Å². The largest absolute Gasteiger partial charge is 0.373 e. The summed E-state index contributed by atoms with van der Waals surface area (Å²) in [6.07, 6.45) is 0.485. The first-order valence-electron chi connectivity index (χ1n) is 8.92. The maximum Gasteiger partial charge on any atom is 0.271 e. The minimum atomic E-state index is -0.163. The fraction of sp³-hybridized carbons (Fsp3) is 0.474. The fourth-order valence-electron chi connectivity index (χ4n) is 3.31. The second-order valence-corrected chi connectivity index (χ2v) is 7.68. The van der Waals surface area contributed by atoms with Gasteiger partial charge in [0.2, 0.25) is 0 Å². The zero-order valence-electron chi connectivity index (χ0n) is 15.3. The standard InChI is InChI=1S/C19H26N4O2S/c1-13-9-23(10-14(2)25-13)11-16-6-4-3-5-15(16)8-21-19(24)17-12-26-18(7-20)22-17/h3-6,12-14H,7-11,20H2,1-2H3,(H,21,24)/t13-,14-/m0/s1. The van der Waals surface area contributed by atoms with Crippen molar-refractivity contribution in [1.29, 1.82) is 0 Å². The molecule has 0 aliphatic carbocycles. The van der Waals surface area contributed by atoms with Crippen LogP contribution in [0, 0.1) is 0 Å². The van der Waals surface area contributed by atoms with Gasteiger partial charge < -0.3 is 15.8 Å². The molecule has 26 heavy (non-hydrogen) atoms. The van der Waals surface area contributed by atoms with Crippen LogP contribution < -0.4 is 11.1 Å². The van der Waals surface area contributed by atoms with Gasteiger partial charge >= 0.3 is 0 Å². The van der Waals surface area contributed by atoms with Crippen LogP contribution in [0.1, 0.15) is 40.5 Å². The van der Waals surface area contributed by atoms with E-state index >= 15 is 0 Å². The van der Waals surface area contributed by atoms with E-state index in [9.17, 15) is 4.79 Å². The van der Waals surface area contributed by atoms with E-state index in [1.54, 1.807) is 5.38 Å². The number of hydrogen-bond donors (Lipinski definition) is 2. The number of nitrogens with two attached hydrogens (primary N) is 1. The number of nitrogens with zero attached hydrogens (tertiary/aromatic N) is 2. The van der Waals surface area contributed by atoms with E-state index in [0.29, 0.717) is 18.8 Å². The number of aromatic nitrogens is 1. The highest BCUT2D eigenvalue weighted by Gasteiger charge is 2.22. The first kappa shape index (κ1) is 19.0. The van der Waals surface area contributed by atoms with E-state index in [0.717, 1.165) is 30.2 Å². The Morgan fingerprint density at radius 1 is 1.31 bits per heavy atom. The Morgan fingerprint density at radius 2 is 2.00 bits per heavy atom. The topological polar surface area (TPSA) is 80.5 Å². The number of morpholine rings is 1. The molecule has 1 amide bonds. The maximum atomic E-state index is 12.3. The zero-order chi connectivity index (χ0) is 18.5. The number of amides is 1. The Balaban J connectivity index is 1.62. The Labute approximate surface area is 158 Å². The van der Waals surface area contributed by atoms with Gasteiger partial charge in [0.15, 0.2) is 0 Å². The minimum absolute atomic E-state index is 0.163. The quantitative estimate of drug-likeness (QED) is 0.810. The molecule has 1 aliphatic heterocycles. The molecule has 2 atom stereocenters. The Hall–Kier alpha value is -1.80. The molecule has 2 heterocycles. The van der Waals surface area contributed by atoms with Crippen LogP contribution in [-0.4, -0.2) is 41.1 Å². The molecule has 7 heteroatoms. The highest BCUT2D eigenvalue weighted by molar-refractivity contribution is 7.09. The molecule has 140 valence electrons. The van der Waals surface area contributed by atoms with Gasteiger partial charge in [0.1, 0.15) is 10.7 Å². The normalized spacial score (nSPS) is 20.9. The molecule has 0 spiro atoms. The van der Waals surface area contributed by atoms with E-state index < -0.39 is 0 Å². The molecule has 0 radical (unpaired) electrons. The van der Waals surface area contributed by atoms with Crippen molar-refractivity contribution >= 4 is 17.2 Å². The maximum absolute atomic E-state index is 12.3. The SMILES string of the molecule is C[C@H]1CN(Cc2ccccc2CNC(=O)c2csc(CN)n2)C[C@H](C)O1. The van der Waals surface area contributed by atoms with Crippen LogP contribution >= 0.6 is 11.3 Å². The van der Waals surface area contributed by atoms with Crippen molar-refractivity contribution in [3.63, 3.8) is 0 Å². The van der Waals surface area contributed by atoms with Gasteiger partial charge in [-0.1, -0.05) is 24.3 Å². The van der Waals surface area contributed by atoms with Gasteiger partial charge in [0, 0.05) is 38.1 Å². The number of benzene rings is 1. The van der Waals surface area contributed by atoms with Crippen LogP contribution in [0.25, 0.3) is 0 Å². The summed E-state index contributed by atoms with van der Waals surface area (Å²) < 4.78 is 5.81. The van der Waals surface area contributed by atoms with E-state index in [4.69, 9.17) is 10.5 Å². The molecule has 1 saturated heterocycles. The van der Waals surface area contributed by atoms with Crippen molar-refractivity contribution < 1.29 is 9.53 Å². The van der Waals surface area contributed by atoms with Crippen molar-refractivity contribution in [2.75, 3.05) is 13.1 Å². The lowest BCUT2D eigenvalue weighted by Gasteiger charge is -2.35. The predicted molar refractivity (Wildman–Crippen MR) is 103 cm³/mol. The van der Waals surface area contributed by atoms with E-state index in [1.807, 2.05) is 12.1 Å². The third-order valence-electron chi connectivity index (χ3n) is 4.41. The number of carbonyl (C=O) groups excluding carboxylic acids is 1. The van der Waals surface area contributed by atoms with Crippen LogP contribution in [0.3, 0.4) is 0 Å². The lowest BCUT2D eigenvalue weighted by molar-refractivity contribution is -0.0705. The fourth-order valence-corrected chi connectivity index (χ4v) is 3.97. The Morgan fingerprint density at radius 3 is 2.65 bits per heavy atom. The lowest BCUT2D eigenvalue weighted by atomic mass is 10.1. The molecule has 2 aromatic rings. The molecule has 1 aliphatic rings. The molecule has 3 rings (SSSR count). The van der Waals surface area contributed by atoms with Crippen LogP contribution in [-0.2, 0) is 24.4 Å². The van der Waals surface area contributed by atoms with Crippen molar-refractivity contribution in [1.82, 2.24) is 15.2 Å². The molecule has 0 bridgehead atoms. The average molecular weight is 375 g/mol. The summed E-state index contributed by atoms with van der Waals surface area (Å²) >= 11 is 1.41. The summed E-state index contributed by atoms with van der Waals surface area (Å²) in [7, 11) is 0. The highest BCUT2D eigenvalue weighted by Crippen LogP contribution is 2.17. The van der Waals surface area contributed by atoms with Gasteiger partial charge in [-0.25, -0.2) is 4.98 Å². The summed E-state index contributed by atoms with van der Waals surface area (Å²) in [5.41, 5.74) is 8.35. The molecule has 0 saturated carbocycles. The molecule has 1 aromatic carbocycles. The lowest BCUT2D eigenvalue weighted by Crippen LogP contribution is -2.45. The third-order valence-corrected chi connectivity index (χ3v) is 5.28. The zero-order valence-corrected chi connectivity index (χ0v) is 16.1. The number of rotatable bonds is 6. The molecular formula is C19H26N4O2S. The monoisotopic (exact) mass is 374 g/mol. The second kappa shape index (κ2) is 8.73. The van der Waals surface area contributed by atoms with Crippen LogP contribution in [0.2, 0.25) is 0 Å². The average Bonchev–Trinajstić information content (AvgIpc) is 3.09. The first-order chi connectivity index (χ1) is 12.5. The van der Waals surface area contributed by atoms with Crippen molar-refractivity contribution in [2.45, 2.75) is 45.7 Å². The van der Waals surface area contributed by atoms with Gasteiger partial charge in [-0.2, -0.15) is 0 Å². The summed E-state index contributed by atoms with van der Waals surface area (Å²) in [5.74, 6) is -0.163. The Bertz CT molecular complexity index is 739. The highest BCUT2D eigenvalue weighted by atomic mass is 32.1. The number of carbonyl (C=O) groups is 1. The molecule has 1 fully saturated rings. The number of ether oxygens (including phenoxy) is 1. The summed E-state index contributed by atoms with van der Waals surface area (Å²) in [6.45, 7) is 7.77. The third kappa shape index (κ3) is 4.88. The first-order valence-corrected chi connectivity index (χ1v) is 9.80. The summed E-state index contributed by atoms with van der Waals surface area (Å²) in [6, 6.07) is 8.24. The molecule has 1 aromatic heterocycles. The van der Waals surface area contributed by atoms with Gasteiger partial charge in [0.05, 0.1) is 12.2 Å². The smallest absolute Gasteiger partial charge is 0.271 e. The van der Waals surface area contributed by atoms with Crippen molar-refractivity contribution in [3.8, 4) is 0 Å². The summed E-state index contributed by atoms with van der Waals surface area (Å²) in [4.78, 5) is 18.9. The van der Waals surface area contributed by atoms with Crippen molar-refractivity contribution in [2.24, 2.45) is 5.73 Å². The number of hydrogen-bond acceptors (Lipinski definition) is 6. The molecule has 3 N–H and O–H groups in total. The predicted octanol–water partition coefficient (Wildman–Crippen LogP) is 2.14. The van der Waals surface area contributed by atoms with E-state index in [2.05, 4.69) is 41.2 Å². The number of nitrogens with one attached hydrogen (secondary N) is 1. The van der Waals surface area contributed by atoms with Gasteiger partial charge in [-0.15, -0.1) is 11.3 Å². The van der Waals surface area contributed by atoms with Crippen LogP contribution in [0.15, 0.2) is 29.6 Å². The number of thiazole rings is 1. The molecule has 6 nitrogen and oxygen atoms in total.